The van der Waals surface area contributed by atoms with Gasteiger partial charge in [-0.05, 0) is 67.1 Å². The van der Waals surface area contributed by atoms with Crippen molar-refractivity contribution >= 4 is 33.8 Å². The van der Waals surface area contributed by atoms with Gasteiger partial charge in [0.05, 0.1) is 5.56 Å². The van der Waals surface area contributed by atoms with Crippen LogP contribution in [0.5, 0.6) is 5.75 Å². The van der Waals surface area contributed by atoms with Crippen LogP contribution in [-0.4, -0.2) is 11.8 Å². The molecule has 4 heteroatoms. The van der Waals surface area contributed by atoms with E-state index in [4.69, 9.17) is 4.74 Å². The maximum absolute atomic E-state index is 12.3. The highest BCUT2D eigenvalue weighted by atomic mass is 79.9. The zero-order chi connectivity index (χ0) is 19.2. The molecule has 0 bridgehead atoms. The Balaban J connectivity index is 1.64. The Hall–Kier alpha value is -2.98. The first-order chi connectivity index (χ1) is 13.0. The molecule has 0 fully saturated rings. The molecular formula is C23H17BrO3. The van der Waals surface area contributed by atoms with Crippen LogP contribution in [0, 0.1) is 6.92 Å². The number of carbonyl (C=O) groups is 2. The molecule has 0 heterocycles. The number of rotatable bonds is 5. The molecule has 0 aliphatic heterocycles. The normalized spacial score (nSPS) is 10.7. The van der Waals surface area contributed by atoms with Crippen LogP contribution in [0.15, 0.2) is 83.3 Å². The summed E-state index contributed by atoms with van der Waals surface area (Å²) in [5, 5.41) is 0. The lowest BCUT2D eigenvalue weighted by Crippen LogP contribution is -2.08. The van der Waals surface area contributed by atoms with Gasteiger partial charge in [0.25, 0.3) is 0 Å². The monoisotopic (exact) mass is 420 g/mol. The molecule has 0 spiro atoms. The Morgan fingerprint density at radius 1 is 0.815 bits per heavy atom. The maximum atomic E-state index is 12.3. The van der Waals surface area contributed by atoms with Crippen molar-refractivity contribution in [2.45, 2.75) is 6.92 Å². The standard InChI is InChI=1S/C23H17BrO3/c1-16-2-4-17(5-3-16)6-15-22(25)18-9-13-21(14-10-18)27-23(26)19-7-11-20(24)12-8-19/h2-15H,1H3. The van der Waals surface area contributed by atoms with Gasteiger partial charge >= 0.3 is 5.97 Å². The zero-order valence-electron chi connectivity index (χ0n) is 14.7. The van der Waals surface area contributed by atoms with Gasteiger partial charge in [-0.3, -0.25) is 4.79 Å². The zero-order valence-corrected chi connectivity index (χ0v) is 16.3. The summed E-state index contributed by atoms with van der Waals surface area (Å²) in [6.45, 7) is 2.02. The van der Waals surface area contributed by atoms with Crippen LogP contribution < -0.4 is 4.74 Å². The molecule has 0 N–H and O–H groups in total. The molecule has 0 aliphatic carbocycles. The van der Waals surface area contributed by atoms with Gasteiger partial charge in [0.2, 0.25) is 0 Å². The third-order valence-corrected chi connectivity index (χ3v) is 4.46. The highest BCUT2D eigenvalue weighted by Crippen LogP contribution is 2.17. The Bertz CT molecular complexity index is 970. The first-order valence-electron chi connectivity index (χ1n) is 8.38. The van der Waals surface area contributed by atoms with Crippen LogP contribution in [0.4, 0.5) is 0 Å². The SMILES string of the molecule is Cc1ccc(C=CC(=O)c2ccc(OC(=O)c3ccc(Br)cc3)cc2)cc1. The molecule has 0 unspecified atom stereocenters. The first-order valence-corrected chi connectivity index (χ1v) is 9.17. The topological polar surface area (TPSA) is 43.4 Å². The van der Waals surface area contributed by atoms with Gasteiger partial charge < -0.3 is 4.74 Å². The third kappa shape index (κ3) is 5.25. The van der Waals surface area contributed by atoms with Crippen LogP contribution in [0.25, 0.3) is 6.08 Å². The van der Waals surface area contributed by atoms with E-state index >= 15 is 0 Å². The molecule has 0 atom stereocenters. The minimum atomic E-state index is -0.444. The molecule has 0 radical (unpaired) electrons. The predicted molar refractivity (Wildman–Crippen MR) is 110 cm³/mol. The summed E-state index contributed by atoms with van der Waals surface area (Å²) in [6, 6.07) is 21.4. The van der Waals surface area contributed by atoms with E-state index in [1.54, 1.807) is 54.6 Å². The van der Waals surface area contributed by atoms with Crippen molar-refractivity contribution in [3.63, 3.8) is 0 Å². The molecular weight excluding hydrogens is 404 g/mol. The fourth-order valence-corrected chi connectivity index (χ4v) is 2.65. The van der Waals surface area contributed by atoms with E-state index in [2.05, 4.69) is 15.9 Å². The fraction of sp³-hybridized carbons (Fsp3) is 0.0435. The number of benzene rings is 3. The van der Waals surface area contributed by atoms with Crippen molar-refractivity contribution in [2.75, 3.05) is 0 Å². The number of ketones is 1. The number of ether oxygens (including phenoxy) is 1. The number of esters is 1. The number of halogens is 1. The van der Waals surface area contributed by atoms with Gasteiger partial charge in [-0.25, -0.2) is 4.79 Å². The second-order valence-corrected chi connectivity index (χ2v) is 6.94. The van der Waals surface area contributed by atoms with Crippen LogP contribution in [-0.2, 0) is 0 Å². The van der Waals surface area contributed by atoms with Crippen molar-refractivity contribution < 1.29 is 14.3 Å². The molecule has 0 aliphatic rings. The van der Waals surface area contributed by atoms with E-state index in [1.165, 1.54) is 11.6 Å². The van der Waals surface area contributed by atoms with Crippen molar-refractivity contribution in [3.8, 4) is 5.75 Å². The second kappa shape index (κ2) is 8.60. The molecule has 3 rings (SSSR count). The van der Waals surface area contributed by atoms with E-state index in [0.29, 0.717) is 16.9 Å². The van der Waals surface area contributed by atoms with Gasteiger partial charge in [0.1, 0.15) is 5.75 Å². The van der Waals surface area contributed by atoms with E-state index < -0.39 is 5.97 Å². The first kappa shape index (κ1) is 18.8. The fourth-order valence-electron chi connectivity index (χ4n) is 2.38. The largest absolute Gasteiger partial charge is 0.423 e. The van der Waals surface area contributed by atoms with Gasteiger partial charge in [-0.15, -0.1) is 0 Å². The van der Waals surface area contributed by atoms with Gasteiger partial charge in [0, 0.05) is 10.0 Å². The van der Waals surface area contributed by atoms with Crippen molar-refractivity contribution in [1.82, 2.24) is 0 Å². The quantitative estimate of drug-likeness (QED) is 0.224. The van der Waals surface area contributed by atoms with Gasteiger partial charge in [0.15, 0.2) is 5.78 Å². The average molecular weight is 421 g/mol. The summed E-state index contributed by atoms with van der Waals surface area (Å²) in [7, 11) is 0. The second-order valence-electron chi connectivity index (χ2n) is 6.03. The predicted octanol–water partition coefficient (Wildman–Crippen LogP) is 5.87. The number of carbonyl (C=O) groups excluding carboxylic acids is 2. The van der Waals surface area contributed by atoms with Crippen LogP contribution in [0.1, 0.15) is 31.8 Å². The Morgan fingerprint density at radius 3 is 2.04 bits per heavy atom. The van der Waals surface area contributed by atoms with Crippen molar-refractivity contribution in [1.29, 1.82) is 0 Å². The van der Waals surface area contributed by atoms with Gasteiger partial charge in [-0.2, -0.15) is 0 Å². The highest BCUT2D eigenvalue weighted by Gasteiger charge is 2.09. The van der Waals surface area contributed by atoms with E-state index in [1.807, 2.05) is 31.2 Å². The molecule has 0 aromatic heterocycles. The van der Waals surface area contributed by atoms with Crippen LogP contribution in [0.2, 0.25) is 0 Å². The molecule has 3 aromatic rings. The summed E-state index contributed by atoms with van der Waals surface area (Å²) >= 11 is 3.32. The van der Waals surface area contributed by atoms with Crippen molar-refractivity contribution in [3.05, 3.63) is 106 Å². The molecule has 0 saturated heterocycles. The molecule has 27 heavy (non-hydrogen) atoms. The van der Waals surface area contributed by atoms with E-state index in [9.17, 15) is 9.59 Å². The van der Waals surface area contributed by atoms with E-state index in [-0.39, 0.29) is 5.78 Å². The molecule has 0 saturated carbocycles. The highest BCUT2D eigenvalue weighted by molar-refractivity contribution is 9.10. The number of allylic oxidation sites excluding steroid dienone is 1. The molecule has 3 nitrogen and oxygen atoms in total. The smallest absolute Gasteiger partial charge is 0.343 e. The average Bonchev–Trinajstić information content (AvgIpc) is 2.68. The summed E-state index contributed by atoms with van der Waals surface area (Å²) < 4.78 is 6.22. The lowest BCUT2D eigenvalue weighted by molar-refractivity contribution is 0.0734. The molecule has 0 amide bonds. The van der Waals surface area contributed by atoms with Crippen molar-refractivity contribution in [2.24, 2.45) is 0 Å². The Morgan fingerprint density at radius 2 is 1.41 bits per heavy atom. The lowest BCUT2D eigenvalue weighted by atomic mass is 10.1. The minimum absolute atomic E-state index is 0.110. The van der Waals surface area contributed by atoms with Crippen LogP contribution >= 0.6 is 15.9 Å². The summed E-state index contributed by atoms with van der Waals surface area (Å²) in [4.78, 5) is 24.4. The number of aryl methyl sites for hydroxylation is 1. The van der Waals surface area contributed by atoms with Gasteiger partial charge in [-0.1, -0.05) is 51.8 Å². The summed E-state index contributed by atoms with van der Waals surface area (Å²) in [5.41, 5.74) is 3.13. The Kier molecular flexibility index (Phi) is 5.99. The summed E-state index contributed by atoms with van der Waals surface area (Å²) in [6.07, 6.45) is 3.32. The molecule has 134 valence electrons. The minimum Gasteiger partial charge on any atom is -0.423 e. The lowest BCUT2D eigenvalue weighted by Gasteiger charge is -2.05. The maximum Gasteiger partial charge on any atom is 0.343 e. The van der Waals surface area contributed by atoms with Crippen LogP contribution in [0.3, 0.4) is 0 Å². The number of hydrogen-bond acceptors (Lipinski definition) is 3. The Labute approximate surface area is 166 Å². The number of hydrogen-bond donors (Lipinski definition) is 0. The summed E-state index contributed by atoms with van der Waals surface area (Å²) in [5.74, 6) is -0.163. The molecule has 3 aromatic carbocycles. The third-order valence-electron chi connectivity index (χ3n) is 3.93. The van der Waals surface area contributed by atoms with E-state index in [0.717, 1.165) is 10.0 Å².